The molecule has 1 atom stereocenters. The first-order valence-corrected chi connectivity index (χ1v) is 7.44. The molecule has 1 heterocycles. The van der Waals surface area contributed by atoms with Crippen molar-refractivity contribution in [2.75, 3.05) is 17.2 Å². The van der Waals surface area contributed by atoms with Gasteiger partial charge in [0.2, 0.25) is 5.91 Å². The SMILES string of the molecule is CCC(C)NC(=O)CN1C(=O)C(C)(C)Oc2cc(N)ccc21. The van der Waals surface area contributed by atoms with E-state index in [1.54, 1.807) is 32.0 Å². The molecule has 0 fully saturated rings. The van der Waals surface area contributed by atoms with Gasteiger partial charge in [-0.15, -0.1) is 0 Å². The van der Waals surface area contributed by atoms with Crippen molar-refractivity contribution in [1.29, 1.82) is 0 Å². The van der Waals surface area contributed by atoms with E-state index in [2.05, 4.69) is 5.32 Å². The summed E-state index contributed by atoms with van der Waals surface area (Å²) < 4.78 is 5.72. The maximum Gasteiger partial charge on any atom is 0.271 e. The van der Waals surface area contributed by atoms with Crippen LogP contribution in [0.15, 0.2) is 18.2 Å². The second kappa shape index (κ2) is 5.87. The van der Waals surface area contributed by atoms with Crippen LogP contribution in [-0.2, 0) is 9.59 Å². The number of ether oxygens (including phenoxy) is 1. The summed E-state index contributed by atoms with van der Waals surface area (Å²) in [6.45, 7) is 7.25. The van der Waals surface area contributed by atoms with Gasteiger partial charge in [-0.1, -0.05) is 6.92 Å². The van der Waals surface area contributed by atoms with Crippen molar-refractivity contribution in [3.05, 3.63) is 18.2 Å². The van der Waals surface area contributed by atoms with Crippen LogP contribution in [-0.4, -0.2) is 30.0 Å². The summed E-state index contributed by atoms with van der Waals surface area (Å²) in [6.07, 6.45) is 0.835. The molecule has 0 bridgehead atoms. The van der Waals surface area contributed by atoms with Crippen LogP contribution in [0.3, 0.4) is 0 Å². The van der Waals surface area contributed by atoms with E-state index >= 15 is 0 Å². The number of hydrogen-bond donors (Lipinski definition) is 2. The molecule has 1 aromatic rings. The zero-order chi connectivity index (χ0) is 16.5. The maximum atomic E-state index is 12.6. The lowest BCUT2D eigenvalue weighted by atomic mass is 10.0. The van der Waals surface area contributed by atoms with Crippen LogP contribution >= 0.6 is 0 Å². The predicted molar refractivity (Wildman–Crippen MR) is 85.8 cm³/mol. The number of carbonyl (C=O) groups is 2. The predicted octanol–water partition coefficient (Wildman–Crippen LogP) is 1.69. The number of nitrogen functional groups attached to an aromatic ring is 1. The average Bonchev–Trinajstić information content (AvgIpc) is 2.43. The minimum atomic E-state index is -1.03. The summed E-state index contributed by atoms with van der Waals surface area (Å²) in [4.78, 5) is 26.2. The third kappa shape index (κ3) is 3.16. The number of carbonyl (C=O) groups excluding carboxylic acids is 2. The highest BCUT2D eigenvalue weighted by Crippen LogP contribution is 2.38. The number of anilines is 2. The van der Waals surface area contributed by atoms with Crippen molar-refractivity contribution < 1.29 is 14.3 Å². The molecule has 22 heavy (non-hydrogen) atoms. The van der Waals surface area contributed by atoms with E-state index in [1.807, 2.05) is 13.8 Å². The third-order valence-electron chi connectivity index (χ3n) is 3.72. The van der Waals surface area contributed by atoms with Gasteiger partial charge in [0.15, 0.2) is 5.60 Å². The fraction of sp³-hybridized carbons (Fsp3) is 0.500. The minimum absolute atomic E-state index is 0.0348. The van der Waals surface area contributed by atoms with Crippen LogP contribution in [0.5, 0.6) is 5.75 Å². The van der Waals surface area contributed by atoms with Gasteiger partial charge in [0.05, 0.1) is 5.69 Å². The fourth-order valence-electron chi connectivity index (χ4n) is 2.31. The quantitative estimate of drug-likeness (QED) is 0.829. The average molecular weight is 305 g/mol. The number of nitrogens with two attached hydrogens (primary N) is 1. The first kappa shape index (κ1) is 16.1. The Morgan fingerprint density at radius 3 is 2.77 bits per heavy atom. The van der Waals surface area contributed by atoms with Crippen LogP contribution in [0.2, 0.25) is 0 Å². The van der Waals surface area contributed by atoms with Gasteiger partial charge < -0.3 is 15.8 Å². The summed E-state index contributed by atoms with van der Waals surface area (Å²) in [7, 11) is 0. The first-order chi connectivity index (χ1) is 10.2. The second-order valence-corrected chi connectivity index (χ2v) is 6.11. The summed E-state index contributed by atoms with van der Waals surface area (Å²) in [5, 5.41) is 2.87. The Kier molecular flexibility index (Phi) is 4.30. The Hall–Kier alpha value is -2.24. The smallest absolute Gasteiger partial charge is 0.271 e. The van der Waals surface area contributed by atoms with Gasteiger partial charge in [0.25, 0.3) is 5.91 Å². The van der Waals surface area contributed by atoms with Gasteiger partial charge in [-0.25, -0.2) is 0 Å². The molecule has 1 unspecified atom stereocenters. The normalized spacial score (nSPS) is 17.5. The standard InChI is InChI=1S/C16H23N3O3/c1-5-10(2)18-14(20)9-19-12-7-6-11(17)8-13(12)22-16(3,4)15(19)21/h6-8,10H,5,9,17H2,1-4H3,(H,18,20). The van der Waals surface area contributed by atoms with E-state index in [0.29, 0.717) is 17.1 Å². The van der Waals surface area contributed by atoms with Gasteiger partial charge >= 0.3 is 0 Å². The molecule has 0 saturated carbocycles. The van der Waals surface area contributed by atoms with Crippen molar-refractivity contribution in [3.63, 3.8) is 0 Å². The lowest BCUT2D eigenvalue weighted by Crippen LogP contribution is -2.55. The Balaban J connectivity index is 2.29. The molecule has 2 amide bonds. The molecular weight excluding hydrogens is 282 g/mol. The Labute approximate surface area is 130 Å². The van der Waals surface area contributed by atoms with Gasteiger partial charge in [0.1, 0.15) is 12.3 Å². The molecule has 0 aromatic heterocycles. The number of rotatable bonds is 4. The Morgan fingerprint density at radius 1 is 1.45 bits per heavy atom. The highest BCUT2D eigenvalue weighted by molar-refractivity contribution is 6.05. The Morgan fingerprint density at radius 2 is 2.14 bits per heavy atom. The van der Waals surface area contributed by atoms with E-state index < -0.39 is 5.60 Å². The van der Waals surface area contributed by atoms with Crippen LogP contribution in [0.25, 0.3) is 0 Å². The molecule has 3 N–H and O–H groups in total. The molecule has 1 aliphatic rings. The molecule has 2 rings (SSSR count). The summed E-state index contributed by atoms with van der Waals surface area (Å²) in [5.74, 6) is 0.0770. The minimum Gasteiger partial charge on any atom is -0.476 e. The van der Waals surface area contributed by atoms with E-state index in [4.69, 9.17) is 10.5 Å². The zero-order valence-corrected chi connectivity index (χ0v) is 13.5. The second-order valence-electron chi connectivity index (χ2n) is 6.11. The van der Waals surface area contributed by atoms with Crippen LogP contribution < -0.4 is 20.7 Å². The molecule has 0 spiro atoms. The number of amides is 2. The number of benzene rings is 1. The van der Waals surface area contributed by atoms with Gasteiger partial charge in [-0.3, -0.25) is 14.5 Å². The van der Waals surface area contributed by atoms with Crippen LogP contribution in [0.1, 0.15) is 34.1 Å². The van der Waals surface area contributed by atoms with Crippen molar-refractivity contribution in [2.45, 2.75) is 45.8 Å². The van der Waals surface area contributed by atoms with Crippen molar-refractivity contribution >= 4 is 23.2 Å². The number of fused-ring (bicyclic) bond motifs is 1. The molecule has 0 aliphatic carbocycles. The fourth-order valence-corrected chi connectivity index (χ4v) is 2.31. The molecule has 6 nitrogen and oxygen atoms in total. The topological polar surface area (TPSA) is 84.7 Å². The molecule has 6 heteroatoms. The van der Waals surface area contributed by atoms with E-state index in [0.717, 1.165) is 6.42 Å². The van der Waals surface area contributed by atoms with Crippen molar-refractivity contribution in [2.24, 2.45) is 0 Å². The molecular formula is C16H23N3O3. The lowest BCUT2D eigenvalue weighted by molar-refractivity contribution is -0.134. The van der Waals surface area contributed by atoms with E-state index in [9.17, 15) is 9.59 Å². The van der Waals surface area contributed by atoms with Crippen LogP contribution in [0, 0.1) is 0 Å². The number of nitrogens with zero attached hydrogens (tertiary/aromatic N) is 1. The maximum absolute atomic E-state index is 12.6. The van der Waals surface area contributed by atoms with E-state index in [-0.39, 0.29) is 24.4 Å². The van der Waals surface area contributed by atoms with Gasteiger partial charge in [-0.2, -0.15) is 0 Å². The highest BCUT2D eigenvalue weighted by atomic mass is 16.5. The zero-order valence-electron chi connectivity index (χ0n) is 13.5. The molecule has 0 radical (unpaired) electrons. The largest absolute Gasteiger partial charge is 0.476 e. The Bertz CT molecular complexity index is 598. The summed E-state index contributed by atoms with van der Waals surface area (Å²) in [6, 6.07) is 5.13. The van der Waals surface area contributed by atoms with Gasteiger partial charge in [-0.05, 0) is 39.3 Å². The third-order valence-corrected chi connectivity index (χ3v) is 3.72. The van der Waals surface area contributed by atoms with Crippen LogP contribution in [0.4, 0.5) is 11.4 Å². The molecule has 0 saturated heterocycles. The highest BCUT2D eigenvalue weighted by Gasteiger charge is 2.41. The van der Waals surface area contributed by atoms with Gasteiger partial charge in [0, 0.05) is 17.8 Å². The molecule has 1 aromatic carbocycles. The number of hydrogen-bond acceptors (Lipinski definition) is 4. The number of nitrogens with one attached hydrogen (secondary N) is 1. The summed E-state index contributed by atoms with van der Waals surface area (Å²) >= 11 is 0. The van der Waals surface area contributed by atoms with E-state index in [1.165, 1.54) is 4.90 Å². The molecule has 120 valence electrons. The summed E-state index contributed by atoms with van der Waals surface area (Å²) in [5.41, 5.74) is 5.86. The van der Waals surface area contributed by atoms with Crippen molar-refractivity contribution in [3.8, 4) is 5.75 Å². The monoisotopic (exact) mass is 305 g/mol. The molecule has 1 aliphatic heterocycles. The van der Waals surface area contributed by atoms with Crippen molar-refractivity contribution in [1.82, 2.24) is 5.32 Å². The first-order valence-electron chi connectivity index (χ1n) is 7.44. The lowest BCUT2D eigenvalue weighted by Gasteiger charge is -2.38.